The summed E-state index contributed by atoms with van der Waals surface area (Å²) in [5, 5.41) is 19.5. The van der Waals surface area contributed by atoms with Gasteiger partial charge in [-0.3, -0.25) is 4.79 Å². The van der Waals surface area contributed by atoms with Gasteiger partial charge in [0.1, 0.15) is 0 Å². The van der Waals surface area contributed by atoms with E-state index in [2.05, 4.69) is 27.4 Å². The van der Waals surface area contributed by atoms with Crippen molar-refractivity contribution in [1.29, 1.82) is 0 Å². The van der Waals surface area contributed by atoms with Gasteiger partial charge >= 0.3 is 5.97 Å². The largest absolute Gasteiger partial charge is 0.481 e. The highest BCUT2D eigenvalue weighted by molar-refractivity contribution is 5.66. The Kier molecular flexibility index (Phi) is 5.30. The van der Waals surface area contributed by atoms with E-state index in [0.29, 0.717) is 11.8 Å². The van der Waals surface area contributed by atoms with Crippen molar-refractivity contribution >= 4 is 5.97 Å². The number of carboxylic acid groups (broad SMARTS) is 1. The number of aliphatic carboxylic acids is 1. The van der Waals surface area contributed by atoms with Gasteiger partial charge in [-0.15, -0.1) is 0 Å². The van der Waals surface area contributed by atoms with Gasteiger partial charge in [-0.2, -0.15) is 0 Å². The number of aliphatic hydroxyl groups excluding tert-OH is 1. The highest BCUT2D eigenvalue weighted by Gasteiger charge is 2.54. The minimum absolute atomic E-state index is 0.179. The molecule has 0 aromatic heterocycles. The fourth-order valence-corrected chi connectivity index (χ4v) is 5.57. The minimum Gasteiger partial charge on any atom is -0.481 e. The van der Waals surface area contributed by atoms with Crippen LogP contribution in [0.5, 0.6) is 0 Å². The van der Waals surface area contributed by atoms with Gasteiger partial charge in [0, 0.05) is 6.42 Å². The van der Waals surface area contributed by atoms with Crippen molar-refractivity contribution in [2.24, 2.45) is 28.6 Å². The van der Waals surface area contributed by atoms with E-state index in [9.17, 15) is 9.90 Å². The molecule has 0 aromatic rings. The van der Waals surface area contributed by atoms with Crippen LogP contribution in [0.4, 0.5) is 0 Å². The average molecular weight is 322 g/mol. The normalized spacial score (nSPS) is 38.0. The van der Waals surface area contributed by atoms with Gasteiger partial charge in [-0.05, 0) is 66.3 Å². The van der Waals surface area contributed by atoms with E-state index in [4.69, 9.17) is 5.11 Å². The molecule has 0 aliphatic heterocycles. The van der Waals surface area contributed by atoms with Crippen molar-refractivity contribution < 1.29 is 15.0 Å². The summed E-state index contributed by atoms with van der Waals surface area (Å²) >= 11 is 0. The number of hydrogen-bond donors (Lipinski definition) is 2. The summed E-state index contributed by atoms with van der Waals surface area (Å²) in [5.41, 5.74) is 1.45. The molecule has 2 aliphatic rings. The summed E-state index contributed by atoms with van der Waals surface area (Å²) in [6.07, 6.45) is 6.19. The second kappa shape index (κ2) is 6.58. The molecule has 0 heterocycles. The van der Waals surface area contributed by atoms with Crippen molar-refractivity contribution in [3.8, 4) is 0 Å². The molecular formula is C20H34O3. The molecule has 0 bridgehead atoms. The van der Waals surface area contributed by atoms with Crippen LogP contribution in [0.15, 0.2) is 12.2 Å². The van der Waals surface area contributed by atoms with E-state index in [0.717, 1.165) is 24.8 Å². The Morgan fingerprint density at radius 1 is 1.35 bits per heavy atom. The van der Waals surface area contributed by atoms with Gasteiger partial charge in [0.2, 0.25) is 0 Å². The second-order valence-electron chi connectivity index (χ2n) is 9.06. The van der Waals surface area contributed by atoms with Gasteiger partial charge in [-0.1, -0.05) is 40.7 Å². The molecule has 0 radical (unpaired) electrons. The van der Waals surface area contributed by atoms with Crippen LogP contribution in [0.3, 0.4) is 0 Å². The molecule has 2 aliphatic carbocycles. The molecule has 0 aromatic carbocycles. The molecule has 3 unspecified atom stereocenters. The summed E-state index contributed by atoms with van der Waals surface area (Å²) in [6, 6.07) is 0. The summed E-state index contributed by atoms with van der Waals surface area (Å²) in [4.78, 5) is 10.9. The summed E-state index contributed by atoms with van der Waals surface area (Å²) in [5.74, 6) is 0.289. The first kappa shape index (κ1) is 18.5. The van der Waals surface area contributed by atoms with Crippen LogP contribution in [0.2, 0.25) is 0 Å². The monoisotopic (exact) mass is 322 g/mol. The van der Waals surface area contributed by atoms with Gasteiger partial charge in [0.25, 0.3) is 0 Å². The number of aliphatic hydroxyl groups is 1. The van der Waals surface area contributed by atoms with E-state index in [-0.39, 0.29) is 23.2 Å². The van der Waals surface area contributed by atoms with Crippen LogP contribution in [-0.4, -0.2) is 22.3 Å². The van der Waals surface area contributed by atoms with Crippen LogP contribution in [0.1, 0.15) is 72.6 Å². The predicted octanol–water partition coefficient (Wildman–Crippen LogP) is 4.65. The molecule has 2 saturated carbocycles. The lowest BCUT2D eigenvalue weighted by Gasteiger charge is -2.59. The fraction of sp³-hybridized carbons (Fsp3) is 0.850. The lowest BCUT2D eigenvalue weighted by Crippen LogP contribution is -2.52. The van der Waals surface area contributed by atoms with Crippen LogP contribution in [0, 0.1) is 28.6 Å². The maximum Gasteiger partial charge on any atom is 0.303 e. The zero-order valence-corrected chi connectivity index (χ0v) is 15.3. The Bertz CT molecular complexity index is 468. The van der Waals surface area contributed by atoms with Crippen LogP contribution < -0.4 is 0 Å². The lowest BCUT2D eigenvalue weighted by molar-refractivity contribution is -0.138. The van der Waals surface area contributed by atoms with Crippen LogP contribution in [0.25, 0.3) is 0 Å². The first-order valence-corrected chi connectivity index (χ1v) is 9.16. The van der Waals surface area contributed by atoms with Crippen molar-refractivity contribution in [3.05, 3.63) is 12.2 Å². The highest BCUT2D eigenvalue weighted by Crippen LogP contribution is 2.61. The van der Waals surface area contributed by atoms with E-state index < -0.39 is 12.1 Å². The Hall–Kier alpha value is -0.830. The van der Waals surface area contributed by atoms with Gasteiger partial charge < -0.3 is 10.2 Å². The summed E-state index contributed by atoms with van der Waals surface area (Å²) in [7, 11) is 0. The Balaban J connectivity index is 2.17. The number of carboxylic acids is 1. The number of fused-ring (bicyclic) bond motifs is 1. The van der Waals surface area contributed by atoms with E-state index in [1.165, 1.54) is 19.3 Å². The molecule has 2 rings (SSSR count). The SMILES string of the molecule is C=C1C(O)CC2C(C)(C)CCCC2(C)[C@H]1CC[C@H](C)CC(=O)O. The molecular weight excluding hydrogens is 288 g/mol. The van der Waals surface area contributed by atoms with Gasteiger partial charge in [0.15, 0.2) is 0 Å². The lowest BCUT2D eigenvalue weighted by atomic mass is 9.46. The Morgan fingerprint density at radius 3 is 2.61 bits per heavy atom. The van der Waals surface area contributed by atoms with Gasteiger partial charge in [-0.25, -0.2) is 0 Å². The van der Waals surface area contributed by atoms with Crippen molar-refractivity contribution in [3.63, 3.8) is 0 Å². The minimum atomic E-state index is -0.720. The molecule has 0 amide bonds. The third-order valence-electron chi connectivity index (χ3n) is 6.88. The van der Waals surface area contributed by atoms with E-state index in [1.807, 2.05) is 6.92 Å². The van der Waals surface area contributed by atoms with Gasteiger partial charge in [0.05, 0.1) is 6.10 Å². The predicted molar refractivity (Wildman–Crippen MR) is 93.1 cm³/mol. The number of carbonyl (C=O) groups is 1. The molecule has 2 fully saturated rings. The smallest absolute Gasteiger partial charge is 0.303 e. The van der Waals surface area contributed by atoms with Crippen molar-refractivity contribution in [2.45, 2.75) is 78.7 Å². The quantitative estimate of drug-likeness (QED) is 0.725. The van der Waals surface area contributed by atoms with Crippen molar-refractivity contribution in [1.82, 2.24) is 0 Å². The van der Waals surface area contributed by atoms with E-state index >= 15 is 0 Å². The van der Waals surface area contributed by atoms with Crippen LogP contribution >= 0.6 is 0 Å². The molecule has 5 atom stereocenters. The highest BCUT2D eigenvalue weighted by atomic mass is 16.4. The third-order valence-corrected chi connectivity index (χ3v) is 6.88. The topological polar surface area (TPSA) is 57.5 Å². The average Bonchev–Trinajstić information content (AvgIpc) is 2.40. The Labute approximate surface area is 141 Å². The second-order valence-corrected chi connectivity index (χ2v) is 9.06. The number of rotatable bonds is 5. The first-order valence-electron chi connectivity index (χ1n) is 9.16. The molecule has 0 saturated heterocycles. The zero-order chi connectivity index (χ0) is 17.4. The Morgan fingerprint density at radius 2 is 2.00 bits per heavy atom. The maximum atomic E-state index is 10.9. The zero-order valence-electron chi connectivity index (χ0n) is 15.3. The number of hydrogen-bond acceptors (Lipinski definition) is 2. The maximum absolute atomic E-state index is 10.9. The standard InChI is InChI=1S/C20H34O3/c1-13(11-18(22)23)7-8-15-14(2)16(21)12-17-19(3,4)9-6-10-20(15,17)5/h13,15-17,21H,2,6-12H2,1,3-5H3,(H,22,23)/t13-,15-,16?,17?,20?/m0/s1. The van der Waals surface area contributed by atoms with Crippen LogP contribution in [-0.2, 0) is 4.79 Å². The summed E-state index contributed by atoms with van der Waals surface area (Å²) in [6.45, 7) is 13.3. The van der Waals surface area contributed by atoms with Crippen molar-refractivity contribution in [2.75, 3.05) is 0 Å². The molecule has 2 N–H and O–H groups in total. The molecule has 3 heteroatoms. The molecule has 0 spiro atoms. The fourth-order valence-electron chi connectivity index (χ4n) is 5.57. The first-order chi connectivity index (χ1) is 10.6. The molecule has 23 heavy (non-hydrogen) atoms. The molecule has 3 nitrogen and oxygen atoms in total. The third kappa shape index (κ3) is 3.65. The summed E-state index contributed by atoms with van der Waals surface area (Å²) < 4.78 is 0. The molecule has 132 valence electrons. The van der Waals surface area contributed by atoms with E-state index in [1.54, 1.807) is 0 Å².